The largest absolute Gasteiger partial charge is 0.466 e. The second kappa shape index (κ2) is 21.9. The monoisotopic (exact) mass is 962 g/mol. The van der Waals surface area contributed by atoms with Crippen molar-refractivity contribution in [3.05, 3.63) is 115 Å². The maximum atomic E-state index is 13.6. The van der Waals surface area contributed by atoms with Gasteiger partial charge >= 0.3 is 11.9 Å². The number of benzene rings is 4. The van der Waals surface area contributed by atoms with Crippen molar-refractivity contribution >= 4 is 59.0 Å². The minimum Gasteiger partial charge on any atom is -0.466 e. The summed E-state index contributed by atoms with van der Waals surface area (Å²) in [7, 11) is 0. The van der Waals surface area contributed by atoms with Gasteiger partial charge in [0.05, 0.1) is 69.0 Å². The second-order valence-corrected chi connectivity index (χ2v) is 17.8. The number of hydrogen-bond acceptors (Lipinski definition) is 15. The van der Waals surface area contributed by atoms with Crippen LogP contribution in [0.25, 0.3) is 34.4 Å². The number of nitrogens with zero attached hydrogens (tertiary/aromatic N) is 4. The Morgan fingerprint density at radius 2 is 1.04 bits per heavy atom. The number of esters is 2. The summed E-state index contributed by atoms with van der Waals surface area (Å²) in [6.07, 6.45) is 8.45. The molecule has 2 saturated heterocycles. The zero-order valence-electron chi connectivity index (χ0n) is 38.0. The highest BCUT2D eigenvalue weighted by Gasteiger charge is 2.33. The van der Waals surface area contributed by atoms with E-state index in [1.807, 2.05) is 0 Å². The number of fused-ring (bicyclic) bond motifs is 2. The molecule has 0 bridgehead atoms. The van der Waals surface area contributed by atoms with Crippen LogP contribution in [0, 0.1) is 32.1 Å². The van der Waals surface area contributed by atoms with Gasteiger partial charge in [0.25, 0.3) is 11.4 Å². The fourth-order valence-corrected chi connectivity index (χ4v) is 10.0. The molecule has 0 aliphatic carbocycles. The number of carbonyl (C=O) groups is 4. The van der Waals surface area contributed by atoms with Gasteiger partial charge in [-0.05, 0) is 110 Å². The Labute approximate surface area is 401 Å². The van der Waals surface area contributed by atoms with Crippen LogP contribution < -0.4 is 9.78 Å². The lowest BCUT2D eigenvalue weighted by molar-refractivity contribution is -0.387. The molecular formula is C50H50N4O14S. The number of rotatable bonds is 14. The Bertz CT molecular complexity index is 2540. The molecule has 0 atom stereocenters. The lowest BCUT2D eigenvalue weighted by Crippen LogP contribution is -2.39. The minimum absolute atomic E-state index is 0.0894. The Kier molecular flexibility index (Phi) is 15.4. The standard InChI is InChI=1S/C50H50N4O14S/c1-3-63-49(57)33-17-23-51(24-18-33)43(55)15-9-31-7-13-41(47(53(59)60)45(31)37-5-11-39-35(29-37)21-27-65-67-39)69-42-14-8-32(10-16-44(56)52-25-19-34(20-26-52)50(58)64-4-2)46(48(42)54(61)62)38-6-12-40-36(30-38)22-28-66-68-40/h5-16,29-30,33-34H,3-4,17-28H2,1-2H3/b15-9+,16-10+. The number of nitro groups is 2. The molecule has 8 rings (SSSR count). The third-order valence-electron chi connectivity index (χ3n) is 12.5. The van der Waals surface area contributed by atoms with E-state index in [9.17, 15) is 39.4 Å². The first-order valence-electron chi connectivity index (χ1n) is 22.9. The summed E-state index contributed by atoms with van der Waals surface area (Å²) < 4.78 is 10.3. The normalized spacial score (nSPS) is 16.3. The first-order chi connectivity index (χ1) is 33.4. The molecule has 69 heavy (non-hydrogen) atoms. The average molecular weight is 963 g/mol. The van der Waals surface area contributed by atoms with E-state index >= 15 is 0 Å². The molecule has 0 spiro atoms. The van der Waals surface area contributed by atoms with Gasteiger partial charge in [-0.1, -0.05) is 36.0 Å². The zero-order valence-corrected chi connectivity index (χ0v) is 38.9. The van der Waals surface area contributed by atoms with Crippen molar-refractivity contribution in [2.24, 2.45) is 11.8 Å². The van der Waals surface area contributed by atoms with Crippen LogP contribution in [-0.4, -0.2) is 96.0 Å². The number of hydrogen-bond donors (Lipinski definition) is 0. The van der Waals surface area contributed by atoms with Crippen LogP contribution in [0.2, 0.25) is 0 Å². The maximum absolute atomic E-state index is 13.6. The molecular weight excluding hydrogens is 913 g/mol. The van der Waals surface area contributed by atoms with Crippen molar-refractivity contribution in [3.63, 3.8) is 0 Å². The van der Waals surface area contributed by atoms with Crippen LogP contribution in [0.15, 0.2) is 82.6 Å². The molecule has 4 aromatic rings. The zero-order chi connectivity index (χ0) is 48.6. The van der Waals surface area contributed by atoms with Gasteiger partial charge in [-0.2, -0.15) is 9.78 Å². The number of amides is 2. The lowest BCUT2D eigenvalue weighted by atomic mass is 9.94. The summed E-state index contributed by atoms with van der Waals surface area (Å²) in [5.41, 5.74) is 2.73. The average Bonchev–Trinajstić information content (AvgIpc) is 3.37. The van der Waals surface area contributed by atoms with Gasteiger partial charge in [0.15, 0.2) is 11.5 Å². The summed E-state index contributed by atoms with van der Waals surface area (Å²) in [4.78, 5) is 102. The fourth-order valence-electron chi connectivity index (χ4n) is 8.97. The molecule has 0 N–H and O–H groups in total. The van der Waals surface area contributed by atoms with E-state index in [4.69, 9.17) is 29.0 Å². The van der Waals surface area contributed by atoms with E-state index in [2.05, 4.69) is 0 Å². The van der Waals surface area contributed by atoms with E-state index in [0.717, 1.165) is 22.9 Å². The molecule has 4 aliphatic heterocycles. The molecule has 4 aliphatic rings. The van der Waals surface area contributed by atoms with E-state index in [-0.39, 0.29) is 94.3 Å². The lowest BCUT2D eigenvalue weighted by Gasteiger charge is -2.30. The molecule has 4 heterocycles. The smallest absolute Gasteiger partial charge is 0.309 e. The number of nitro benzene ring substituents is 2. The summed E-state index contributed by atoms with van der Waals surface area (Å²) in [5.74, 6) is -0.944. The fraction of sp³-hybridized carbons (Fsp3) is 0.360. The molecule has 360 valence electrons. The van der Waals surface area contributed by atoms with Crippen molar-refractivity contribution in [1.29, 1.82) is 0 Å². The summed E-state index contributed by atoms with van der Waals surface area (Å²) >= 11 is 0.849. The van der Waals surface area contributed by atoms with Crippen LogP contribution in [-0.2, 0) is 51.3 Å². The minimum atomic E-state index is -0.535. The quantitative estimate of drug-likeness (QED) is 0.0381. The number of ether oxygens (including phenoxy) is 2. The van der Waals surface area contributed by atoms with Gasteiger partial charge in [-0.25, -0.2) is 0 Å². The van der Waals surface area contributed by atoms with Crippen molar-refractivity contribution < 1.29 is 58.0 Å². The van der Waals surface area contributed by atoms with E-state index < -0.39 is 9.85 Å². The number of carbonyl (C=O) groups excluding carboxylic acids is 4. The Morgan fingerprint density at radius 3 is 1.42 bits per heavy atom. The topological polar surface area (TPSA) is 216 Å². The molecule has 0 aromatic heterocycles. The Hall–Kier alpha value is -7.09. The van der Waals surface area contributed by atoms with Crippen molar-refractivity contribution in [2.75, 3.05) is 52.6 Å². The van der Waals surface area contributed by atoms with E-state index in [1.165, 1.54) is 36.4 Å². The van der Waals surface area contributed by atoms with E-state index in [1.54, 1.807) is 72.2 Å². The third kappa shape index (κ3) is 11.0. The molecule has 2 fully saturated rings. The molecule has 19 heteroatoms. The van der Waals surface area contributed by atoms with Crippen LogP contribution >= 0.6 is 11.8 Å². The van der Waals surface area contributed by atoms with Crippen LogP contribution in [0.3, 0.4) is 0 Å². The molecule has 0 radical (unpaired) electrons. The first kappa shape index (κ1) is 48.4. The molecule has 0 saturated carbocycles. The number of likely N-dealkylation sites (tertiary alicyclic amines) is 2. The highest BCUT2D eigenvalue weighted by molar-refractivity contribution is 7.99. The summed E-state index contributed by atoms with van der Waals surface area (Å²) in [5, 5.41) is 26.8. The Morgan fingerprint density at radius 1 is 0.638 bits per heavy atom. The summed E-state index contributed by atoms with van der Waals surface area (Å²) in [6.45, 7) is 5.87. The van der Waals surface area contributed by atoms with Gasteiger partial charge < -0.3 is 29.0 Å². The second-order valence-electron chi connectivity index (χ2n) is 16.7. The molecule has 0 unspecified atom stereocenters. The summed E-state index contributed by atoms with van der Waals surface area (Å²) in [6, 6.07) is 16.4. The van der Waals surface area contributed by atoms with Crippen molar-refractivity contribution in [3.8, 4) is 33.8 Å². The predicted molar refractivity (Wildman–Crippen MR) is 252 cm³/mol. The highest BCUT2D eigenvalue weighted by Crippen LogP contribution is 2.49. The third-order valence-corrected chi connectivity index (χ3v) is 13.6. The Balaban J connectivity index is 1.18. The molecule has 18 nitrogen and oxygen atoms in total. The molecule has 4 aromatic carbocycles. The van der Waals surface area contributed by atoms with E-state index in [0.29, 0.717) is 98.5 Å². The van der Waals surface area contributed by atoms with Crippen LogP contribution in [0.1, 0.15) is 61.8 Å². The van der Waals surface area contributed by atoms with Gasteiger partial charge in [0.1, 0.15) is 0 Å². The van der Waals surface area contributed by atoms with Crippen molar-refractivity contribution in [1.82, 2.24) is 9.80 Å². The number of piperidine rings is 2. The van der Waals surface area contributed by atoms with Gasteiger partial charge in [-0.15, -0.1) is 0 Å². The van der Waals surface area contributed by atoms with Crippen LogP contribution in [0.4, 0.5) is 11.4 Å². The van der Waals surface area contributed by atoms with Crippen molar-refractivity contribution in [2.45, 2.75) is 62.2 Å². The van der Waals surface area contributed by atoms with Gasteiger partial charge in [0.2, 0.25) is 11.8 Å². The van der Waals surface area contributed by atoms with Gasteiger partial charge in [-0.3, -0.25) is 39.4 Å². The predicted octanol–water partition coefficient (Wildman–Crippen LogP) is 8.35. The molecule has 2 amide bonds. The van der Waals surface area contributed by atoms with Crippen LogP contribution in [0.5, 0.6) is 11.5 Å². The van der Waals surface area contributed by atoms with Gasteiger partial charge in [0, 0.05) is 62.3 Å². The maximum Gasteiger partial charge on any atom is 0.309 e. The SMILES string of the molecule is CCOC(=O)C1CCN(C(=O)/C=C/c2ccc(Sc3ccc(/C=C/C(=O)N4CCC(C(=O)OCC)CC4)c(-c4ccc5c(c4)CCOO5)c3[N+](=O)[O-])c([N+](=O)[O-])c2-c2ccc3c(c2)CCOO3)CC1. The highest BCUT2D eigenvalue weighted by atomic mass is 32.2. The first-order valence-corrected chi connectivity index (χ1v) is 23.7.